The molecule has 19 heavy (non-hydrogen) atoms. The molecule has 1 aromatic rings. The van der Waals surface area contributed by atoms with Gasteiger partial charge in [-0.05, 0) is 18.4 Å². The Kier molecular flexibility index (Phi) is 5.67. The normalized spacial score (nSPS) is 19.5. The van der Waals surface area contributed by atoms with Crippen molar-refractivity contribution in [2.45, 2.75) is 31.8 Å². The van der Waals surface area contributed by atoms with E-state index in [0.717, 1.165) is 32.5 Å². The molecule has 1 heterocycles. The van der Waals surface area contributed by atoms with Crippen molar-refractivity contribution < 1.29 is 4.79 Å². The van der Waals surface area contributed by atoms with Crippen LogP contribution < -0.4 is 5.32 Å². The fourth-order valence-electron chi connectivity index (χ4n) is 2.46. The molecule has 0 aliphatic carbocycles. The minimum atomic E-state index is 0.132. The van der Waals surface area contributed by atoms with Crippen LogP contribution in [-0.4, -0.2) is 35.8 Å². The SMILES string of the molecule is O=C(CCCCl)N[C@H]1CCN(Cc2ccccc2)C1. The topological polar surface area (TPSA) is 32.3 Å². The second-order valence-electron chi connectivity index (χ2n) is 5.07. The average Bonchev–Trinajstić information content (AvgIpc) is 2.85. The molecule has 2 rings (SSSR count). The highest BCUT2D eigenvalue weighted by molar-refractivity contribution is 6.17. The van der Waals surface area contributed by atoms with Gasteiger partial charge in [0.25, 0.3) is 0 Å². The van der Waals surface area contributed by atoms with Gasteiger partial charge in [0.2, 0.25) is 5.91 Å². The smallest absolute Gasteiger partial charge is 0.220 e. The lowest BCUT2D eigenvalue weighted by Gasteiger charge is -2.16. The van der Waals surface area contributed by atoms with Crippen LogP contribution in [0.15, 0.2) is 30.3 Å². The van der Waals surface area contributed by atoms with E-state index in [0.29, 0.717) is 18.3 Å². The highest BCUT2D eigenvalue weighted by Crippen LogP contribution is 2.13. The van der Waals surface area contributed by atoms with Crippen LogP contribution in [0.25, 0.3) is 0 Å². The molecule has 1 N–H and O–H groups in total. The van der Waals surface area contributed by atoms with E-state index in [1.165, 1.54) is 5.56 Å². The number of amides is 1. The van der Waals surface area contributed by atoms with Gasteiger partial charge in [-0.3, -0.25) is 9.69 Å². The van der Waals surface area contributed by atoms with E-state index in [2.05, 4.69) is 34.5 Å². The van der Waals surface area contributed by atoms with Crippen LogP contribution in [-0.2, 0) is 11.3 Å². The number of nitrogens with zero attached hydrogens (tertiary/aromatic N) is 1. The first-order valence-electron chi connectivity index (χ1n) is 6.89. The van der Waals surface area contributed by atoms with Gasteiger partial charge in [0.05, 0.1) is 0 Å². The number of carbonyl (C=O) groups excluding carboxylic acids is 1. The summed E-state index contributed by atoms with van der Waals surface area (Å²) in [4.78, 5) is 14.0. The number of alkyl halides is 1. The molecule has 1 aliphatic heterocycles. The maximum absolute atomic E-state index is 11.6. The second kappa shape index (κ2) is 7.51. The fraction of sp³-hybridized carbons (Fsp3) is 0.533. The first-order valence-corrected chi connectivity index (χ1v) is 7.43. The van der Waals surface area contributed by atoms with Crippen molar-refractivity contribution in [2.75, 3.05) is 19.0 Å². The first-order chi connectivity index (χ1) is 9.28. The summed E-state index contributed by atoms with van der Waals surface area (Å²) in [6.07, 6.45) is 2.34. The molecule has 1 saturated heterocycles. The molecule has 104 valence electrons. The van der Waals surface area contributed by atoms with Crippen LogP contribution >= 0.6 is 11.6 Å². The summed E-state index contributed by atoms with van der Waals surface area (Å²) in [7, 11) is 0. The number of benzene rings is 1. The molecule has 0 unspecified atom stereocenters. The number of carbonyl (C=O) groups is 1. The molecule has 1 amide bonds. The van der Waals surface area contributed by atoms with E-state index >= 15 is 0 Å². The van der Waals surface area contributed by atoms with Crippen LogP contribution in [0.2, 0.25) is 0 Å². The molecule has 4 heteroatoms. The Morgan fingerprint density at radius 3 is 2.89 bits per heavy atom. The average molecular weight is 281 g/mol. The Balaban J connectivity index is 1.72. The molecule has 1 aliphatic rings. The Hall–Kier alpha value is -1.06. The predicted octanol–water partition coefficient (Wildman–Crippen LogP) is 2.40. The molecule has 0 bridgehead atoms. The van der Waals surface area contributed by atoms with E-state index in [-0.39, 0.29) is 5.91 Å². The van der Waals surface area contributed by atoms with Crippen LogP contribution in [0.3, 0.4) is 0 Å². The maximum atomic E-state index is 11.6. The van der Waals surface area contributed by atoms with Gasteiger partial charge in [-0.25, -0.2) is 0 Å². The molecule has 0 saturated carbocycles. The lowest BCUT2D eigenvalue weighted by Crippen LogP contribution is -2.36. The van der Waals surface area contributed by atoms with E-state index in [1.807, 2.05) is 6.07 Å². The molecule has 1 fully saturated rings. The largest absolute Gasteiger partial charge is 0.352 e. The summed E-state index contributed by atoms with van der Waals surface area (Å²) in [5, 5.41) is 3.09. The first kappa shape index (κ1) is 14.4. The summed E-state index contributed by atoms with van der Waals surface area (Å²) in [5.74, 6) is 0.685. The predicted molar refractivity (Wildman–Crippen MR) is 78.2 cm³/mol. The summed E-state index contributed by atoms with van der Waals surface area (Å²) < 4.78 is 0. The van der Waals surface area contributed by atoms with Crippen molar-refractivity contribution in [2.24, 2.45) is 0 Å². The number of rotatable bonds is 6. The zero-order valence-electron chi connectivity index (χ0n) is 11.1. The van der Waals surface area contributed by atoms with Gasteiger partial charge >= 0.3 is 0 Å². The standard InChI is InChI=1S/C15H21ClN2O/c16-9-4-7-15(19)17-14-8-10-18(12-14)11-13-5-2-1-3-6-13/h1-3,5-6,14H,4,7-12H2,(H,17,19)/t14-/m0/s1. The van der Waals surface area contributed by atoms with Crippen LogP contribution in [0.4, 0.5) is 0 Å². The van der Waals surface area contributed by atoms with Crippen molar-refractivity contribution in [1.29, 1.82) is 0 Å². The van der Waals surface area contributed by atoms with Crippen LogP contribution in [0, 0.1) is 0 Å². The maximum Gasteiger partial charge on any atom is 0.220 e. The minimum Gasteiger partial charge on any atom is -0.352 e. The third-order valence-electron chi connectivity index (χ3n) is 3.42. The number of halogens is 1. The third-order valence-corrected chi connectivity index (χ3v) is 3.69. The van der Waals surface area contributed by atoms with E-state index in [9.17, 15) is 4.79 Å². The number of likely N-dealkylation sites (tertiary alicyclic amines) is 1. The van der Waals surface area contributed by atoms with Crippen molar-refractivity contribution in [3.63, 3.8) is 0 Å². The van der Waals surface area contributed by atoms with E-state index in [4.69, 9.17) is 11.6 Å². The van der Waals surface area contributed by atoms with Gasteiger partial charge in [0, 0.05) is 38.0 Å². The Bertz CT molecular complexity index is 396. The number of hydrogen-bond donors (Lipinski definition) is 1. The Morgan fingerprint density at radius 2 is 2.16 bits per heavy atom. The monoisotopic (exact) mass is 280 g/mol. The lowest BCUT2D eigenvalue weighted by molar-refractivity contribution is -0.121. The quantitative estimate of drug-likeness (QED) is 0.812. The number of nitrogens with one attached hydrogen (secondary N) is 1. The Morgan fingerprint density at radius 1 is 1.37 bits per heavy atom. The zero-order valence-corrected chi connectivity index (χ0v) is 11.9. The lowest BCUT2D eigenvalue weighted by atomic mass is 10.2. The molecule has 1 atom stereocenters. The minimum absolute atomic E-state index is 0.132. The van der Waals surface area contributed by atoms with Gasteiger partial charge in [0.1, 0.15) is 0 Å². The zero-order chi connectivity index (χ0) is 13.5. The van der Waals surface area contributed by atoms with Crippen molar-refractivity contribution in [1.82, 2.24) is 10.2 Å². The van der Waals surface area contributed by atoms with Crippen molar-refractivity contribution in [3.05, 3.63) is 35.9 Å². The molecular formula is C15H21ClN2O. The molecule has 0 spiro atoms. The van der Waals surface area contributed by atoms with Crippen molar-refractivity contribution in [3.8, 4) is 0 Å². The van der Waals surface area contributed by atoms with Crippen LogP contribution in [0.1, 0.15) is 24.8 Å². The van der Waals surface area contributed by atoms with Gasteiger partial charge in [-0.1, -0.05) is 30.3 Å². The highest BCUT2D eigenvalue weighted by atomic mass is 35.5. The molecule has 1 aromatic carbocycles. The van der Waals surface area contributed by atoms with Gasteiger partial charge in [-0.15, -0.1) is 11.6 Å². The molecule has 0 radical (unpaired) electrons. The van der Waals surface area contributed by atoms with Gasteiger partial charge in [-0.2, -0.15) is 0 Å². The molecule has 3 nitrogen and oxygen atoms in total. The summed E-state index contributed by atoms with van der Waals surface area (Å²) in [5.41, 5.74) is 1.33. The van der Waals surface area contributed by atoms with E-state index < -0.39 is 0 Å². The summed E-state index contributed by atoms with van der Waals surface area (Å²) >= 11 is 5.59. The van der Waals surface area contributed by atoms with E-state index in [1.54, 1.807) is 0 Å². The Labute approximate surface area is 119 Å². The van der Waals surface area contributed by atoms with Gasteiger partial charge in [0.15, 0.2) is 0 Å². The summed E-state index contributed by atoms with van der Waals surface area (Å²) in [6, 6.07) is 10.8. The third kappa shape index (κ3) is 4.84. The number of hydrogen-bond acceptors (Lipinski definition) is 2. The van der Waals surface area contributed by atoms with Gasteiger partial charge < -0.3 is 5.32 Å². The fourth-order valence-corrected chi connectivity index (χ4v) is 2.60. The second-order valence-corrected chi connectivity index (χ2v) is 5.44. The highest BCUT2D eigenvalue weighted by Gasteiger charge is 2.23. The van der Waals surface area contributed by atoms with Crippen LogP contribution in [0.5, 0.6) is 0 Å². The summed E-state index contributed by atoms with van der Waals surface area (Å²) in [6.45, 7) is 2.96. The molecule has 0 aromatic heterocycles. The van der Waals surface area contributed by atoms with Crippen molar-refractivity contribution >= 4 is 17.5 Å². The molecular weight excluding hydrogens is 260 g/mol.